The zero-order valence-electron chi connectivity index (χ0n) is 8.87. The highest BCUT2D eigenvalue weighted by molar-refractivity contribution is 6.35. The molecule has 1 unspecified atom stereocenters. The maximum absolute atomic E-state index is 11.1. The van der Waals surface area contributed by atoms with E-state index in [0.29, 0.717) is 13.0 Å². The Labute approximate surface area is 88.6 Å². The lowest BCUT2D eigenvalue weighted by Crippen LogP contribution is -2.44. The second kappa shape index (κ2) is 7.76. The quantitative estimate of drug-likeness (QED) is 0.460. The third-order valence-electron chi connectivity index (χ3n) is 1.67. The van der Waals surface area contributed by atoms with Crippen LogP contribution in [0.2, 0.25) is 0 Å². The van der Waals surface area contributed by atoms with E-state index in [1.807, 2.05) is 0 Å². The second-order valence-electron chi connectivity index (χ2n) is 3.00. The molecular formula is C9H15N3O3. The Morgan fingerprint density at radius 1 is 1.47 bits per heavy atom. The molecule has 0 radical (unpaired) electrons. The molecular weight excluding hydrogens is 198 g/mol. The molecule has 0 aliphatic carbocycles. The van der Waals surface area contributed by atoms with Gasteiger partial charge < -0.3 is 15.4 Å². The summed E-state index contributed by atoms with van der Waals surface area (Å²) in [5, 5.41) is 12.8. The molecule has 84 valence electrons. The fraction of sp³-hybridized carbons (Fsp3) is 0.667. The van der Waals surface area contributed by atoms with E-state index in [2.05, 4.69) is 10.6 Å². The van der Waals surface area contributed by atoms with Crippen molar-refractivity contribution in [2.45, 2.75) is 19.4 Å². The lowest BCUT2D eigenvalue weighted by atomic mass is 10.2. The first-order valence-electron chi connectivity index (χ1n) is 4.56. The van der Waals surface area contributed by atoms with Gasteiger partial charge in [-0.2, -0.15) is 5.26 Å². The first-order valence-corrected chi connectivity index (χ1v) is 4.56. The Morgan fingerprint density at radius 3 is 2.67 bits per heavy atom. The molecule has 0 fully saturated rings. The lowest BCUT2D eigenvalue weighted by Gasteiger charge is -2.12. The van der Waals surface area contributed by atoms with E-state index >= 15 is 0 Å². The van der Waals surface area contributed by atoms with Crippen molar-refractivity contribution in [3.05, 3.63) is 0 Å². The highest BCUT2D eigenvalue weighted by atomic mass is 16.5. The number of methoxy groups -OCH3 is 1. The number of hydrogen-bond acceptors (Lipinski definition) is 4. The number of carbonyl (C=O) groups excluding carboxylic acids is 2. The zero-order chi connectivity index (χ0) is 11.7. The SMILES string of the molecule is COCCC(C)NC(=O)C(=O)NCC#N. The molecule has 0 aromatic carbocycles. The fourth-order valence-corrected chi connectivity index (χ4v) is 0.856. The van der Waals surface area contributed by atoms with Gasteiger partial charge in [-0.15, -0.1) is 0 Å². The van der Waals surface area contributed by atoms with Gasteiger partial charge in [0.05, 0.1) is 6.07 Å². The Morgan fingerprint density at radius 2 is 2.13 bits per heavy atom. The van der Waals surface area contributed by atoms with Crippen LogP contribution in [0.25, 0.3) is 0 Å². The summed E-state index contributed by atoms with van der Waals surface area (Å²) in [7, 11) is 1.56. The van der Waals surface area contributed by atoms with Gasteiger partial charge >= 0.3 is 11.8 Å². The van der Waals surface area contributed by atoms with Gasteiger partial charge in [0.1, 0.15) is 6.54 Å². The van der Waals surface area contributed by atoms with Crippen LogP contribution in [0.5, 0.6) is 0 Å². The number of nitrogens with one attached hydrogen (secondary N) is 2. The van der Waals surface area contributed by atoms with Gasteiger partial charge in [-0.3, -0.25) is 9.59 Å². The molecule has 15 heavy (non-hydrogen) atoms. The van der Waals surface area contributed by atoms with Crippen molar-refractivity contribution in [3.63, 3.8) is 0 Å². The third kappa shape index (κ3) is 6.46. The first kappa shape index (κ1) is 13.4. The number of nitrogens with zero attached hydrogens (tertiary/aromatic N) is 1. The first-order chi connectivity index (χ1) is 7.11. The monoisotopic (exact) mass is 213 g/mol. The van der Waals surface area contributed by atoms with Crippen molar-refractivity contribution in [1.82, 2.24) is 10.6 Å². The summed E-state index contributed by atoms with van der Waals surface area (Å²) in [4.78, 5) is 22.2. The van der Waals surface area contributed by atoms with Crippen LogP contribution in [0.1, 0.15) is 13.3 Å². The Kier molecular flexibility index (Phi) is 6.93. The average molecular weight is 213 g/mol. The van der Waals surface area contributed by atoms with Crippen molar-refractivity contribution in [2.24, 2.45) is 0 Å². The van der Waals surface area contributed by atoms with Gasteiger partial charge in [0.2, 0.25) is 0 Å². The molecule has 0 saturated heterocycles. The zero-order valence-corrected chi connectivity index (χ0v) is 8.87. The Bertz CT molecular complexity index is 260. The second-order valence-corrected chi connectivity index (χ2v) is 3.00. The van der Waals surface area contributed by atoms with Gasteiger partial charge in [-0.1, -0.05) is 0 Å². The van der Waals surface area contributed by atoms with Crippen LogP contribution in [0.15, 0.2) is 0 Å². The van der Waals surface area contributed by atoms with Crippen LogP contribution in [0, 0.1) is 11.3 Å². The number of nitriles is 1. The van der Waals surface area contributed by atoms with Crippen LogP contribution in [0.3, 0.4) is 0 Å². The summed E-state index contributed by atoms with van der Waals surface area (Å²) >= 11 is 0. The highest BCUT2D eigenvalue weighted by Crippen LogP contribution is 1.90. The van der Waals surface area contributed by atoms with E-state index in [1.54, 1.807) is 20.1 Å². The molecule has 6 nitrogen and oxygen atoms in total. The molecule has 0 aliphatic rings. The molecule has 1 atom stereocenters. The summed E-state index contributed by atoms with van der Waals surface area (Å²) in [6, 6.07) is 1.58. The van der Waals surface area contributed by atoms with Crippen molar-refractivity contribution in [2.75, 3.05) is 20.3 Å². The molecule has 0 aliphatic heterocycles. The maximum atomic E-state index is 11.1. The van der Waals surface area contributed by atoms with E-state index < -0.39 is 11.8 Å². The van der Waals surface area contributed by atoms with Crippen molar-refractivity contribution in [3.8, 4) is 6.07 Å². The Hall–Kier alpha value is -1.61. The summed E-state index contributed by atoms with van der Waals surface area (Å²) < 4.78 is 4.82. The van der Waals surface area contributed by atoms with Crippen LogP contribution in [-0.2, 0) is 14.3 Å². The maximum Gasteiger partial charge on any atom is 0.310 e. The summed E-state index contributed by atoms with van der Waals surface area (Å²) in [6.07, 6.45) is 0.633. The van der Waals surface area contributed by atoms with E-state index in [-0.39, 0.29) is 12.6 Å². The summed E-state index contributed by atoms with van der Waals surface area (Å²) in [6.45, 7) is 2.12. The largest absolute Gasteiger partial charge is 0.385 e. The molecule has 0 bridgehead atoms. The fourth-order valence-electron chi connectivity index (χ4n) is 0.856. The Balaban J connectivity index is 3.81. The van der Waals surface area contributed by atoms with E-state index in [4.69, 9.17) is 10.00 Å². The van der Waals surface area contributed by atoms with Gasteiger partial charge in [0, 0.05) is 19.8 Å². The molecule has 6 heteroatoms. The topological polar surface area (TPSA) is 91.2 Å². The summed E-state index contributed by atoms with van der Waals surface area (Å²) in [5.41, 5.74) is 0. The normalized spacial score (nSPS) is 11.3. The standard InChI is InChI=1S/C9H15N3O3/c1-7(3-6-15-2)12-9(14)8(13)11-5-4-10/h7H,3,5-6H2,1-2H3,(H,11,13)(H,12,14). The van der Waals surface area contributed by atoms with E-state index in [9.17, 15) is 9.59 Å². The van der Waals surface area contributed by atoms with Crippen molar-refractivity contribution in [1.29, 1.82) is 5.26 Å². The lowest BCUT2D eigenvalue weighted by molar-refractivity contribution is -0.139. The van der Waals surface area contributed by atoms with Crippen molar-refractivity contribution < 1.29 is 14.3 Å². The van der Waals surface area contributed by atoms with Gasteiger partial charge in [-0.25, -0.2) is 0 Å². The third-order valence-corrected chi connectivity index (χ3v) is 1.67. The molecule has 0 aromatic rings. The molecule has 0 heterocycles. The van der Waals surface area contributed by atoms with Crippen LogP contribution >= 0.6 is 0 Å². The van der Waals surface area contributed by atoms with E-state index in [0.717, 1.165) is 0 Å². The predicted octanol–water partition coefficient (Wildman–Crippen LogP) is -0.833. The molecule has 0 spiro atoms. The summed E-state index contributed by atoms with van der Waals surface area (Å²) in [5.74, 6) is -1.52. The molecule has 0 saturated carbocycles. The molecule has 2 N–H and O–H groups in total. The van der Waals surface area contributed by atoms with Crippen LogP contribution in [0.4, 0.5) is 0 Å². The number of carbonyl (C=O) groups is 2. The molecule has 0 rings (SSSR count). The number of ether oxygens (including phenoxy) is 1. The minimum atomic E-state index is -0.791. The highest BCUT2D eigenvalue weighted by Gasteiger charge is 2.14. The van der Waals surface area contributed by atoms with Gasteiger partial charge in [0.15, 0.2) is 0 Å². The minimum absolute atomic E-state index is 0.134. The van der Waals surface area contributed by atoms with Crippen LogP contribution < -0.4 is 10.6 Å². The molecule has 0 aromatic heterocycles. The van der Waals surface area contributed by atoms with E-state index in [1.165, 1.54) is 0 Å². The molecule has 2 amide bonds. The van der Waals surface area contributed by atoms with Crippen molar-refractivity contribution >= 4 is 11.8 Å². The predicted molar refractivity (Wildman–Crippen MR) is 52.7 cm³/mol. The van der Waals surface area contributed by atoms with Crippen LogP contribution in [-0.4, -0.2) is 38.1 Å². The van der Waals surface area contributed by atoms with Gasteiger partial charge in [-0.05, 0) is 13.3 Å². The minimum Gasteiger partial charge on any atom is -0.385 e. The van der Waals surface area contributed by atoms with Gasteiger partial charge in [0.25, 0.3) is 0 Å². The average Bonchev–Trinajstić information content (AvgIpc) is 2.22. The number of hydrogen-bond donors (Lipinski definition) is 2. The smallest absolute Gasteiger partial charge is 0.310 e. The number of rotatable bonds is 5. The number of amides is 2.